The fourth-order valence-electron chi connectivity index (χ4n) is 1.66. The van der Waals surface area contributed by atoms with Crippen LogP contribution in [-0.2, 0) is 6.42 Å². The summed E-state index contributed by atoms with van der Waals surface area (Å²) in [5.74, 6) is 6.30. The molecule has 0 saturated carbocycles. The Kier molecular flexibility index (Phi) is 4.96. The van der Waals surface area contributed by atoms with E-state index in [0.29, 0.717) is 17.4 Å². The molecule has 0 radical (unpaired) electrons. The van der Waals surface area contributed by atoms with Gasteiger partial charge in [-0.3, -0.25) is 11.3 Å². The molecule has 0 aliphatic rings. The van der Waals surface area contributed by atoms with Crippen molar-refractivity contribution in [1.82, 2.24) is 5.43 Å². The van der Waals surface area contributed by atoms with Gasteiger partial charge in [0.1, 0.15) is 0 Å². The second-order valence-corrected chi connectivity index (χ2v) is 6.68. The lowest BCUT2D eigenvalue weighted by atomic mass is 9.78. The lowest BCUT2D eigenvalue weighted by Gasteiger charge is -2.30. The Balaban J connectivity index is 2.49. The van der Waals surface area contributed by atoms with E-state index in [0.717, 1.165) is 12.8 Å². The van der Waals surface area contributed by atoms with E-state index in [1.54, 1.807) is 11.3 Å². The number of rotatable bonds is 5. The molecular formula is C13H24N2S. The summed E-state index contributed by atoms with van der Waals surface area (Å²) in [6, 6.07) is 4.66. The summed E-state index contributed by atoms with van der Waals surface area (Å²) < 4.78 is 0. The maximum Gasteiger partial charge on any atom is 0.0261 e. The zero-order valence-corrected chi connectivity index (χ0v) is 11.6. The van der Waals surface area contributed by atoms with Crippen LogP contribution in [-0.4, -0.2) is 6.04 Å². The summed E-state index contributed by atoms with van der Waals surface area (Å²) in [5.41, 5.74) is 3.30. The molecule has 2 nitrogen and oxygen atoms in total. The van der Waals surface area contributed by atoms with Crippen LogP contribution in [0.1, 0.15) is 39.0 Å². The van der Waals surface area contributed by atoms with Gasteiger partial charge in [-0.05, 0) is 35.6 Å². The molecule has 3 heteroatoms. The molecule has 2 atom stereocenters. The quantitative estimate of drug-likeness (QED) is 0.613. The van der Waals surface area contributed by atoms with Gasteiger partial charge in [0.2, 0.25) is 0 Å². The first-order chi connectivity index (χ1) is 7.43. The van der Waals surface area contributed by atoms with Crippen molar-refractivity contribution in [3.8, 4) is 0 Å². The molecule has 1 rings (SSSR count). The first-order valence-electron chi connectivity index (χ1n) is 5.92. The van der Waals surface area contributed by atoms with Gasteiger partial charge in [-0.25, -0.2) is 0 Å². The highest BCUT2D eigenvalue weighted by Gasteiger charge is 2.23. The zero-order chi connectivity index (χ0) is 12.2. The minimum absolute atomic E-state index is 0.352. The van der Waals surface area contributed by atoms with Gasteiger partial charge in [0.05, 0.1) is 0 Å². The summed E-state index contributed by atoms with van der Waals surface area (Å²) in [7, 11) is 0. The van der Waals surface area contributed by atoms with Crippen LogP contribution in [0.4, 0.5) is 0 Å². The molecule has 16 heavy (non-hydrogen) atoms. The Morgan fingerprint density at radius 3 is 2.56 bits per heavy atom. The third-order valence-corrected chi connectivity index (χ3v) is 4.28. The fraction of sp³-hybridized carbons (Fsp3) is 0.692. The van der Waals surface area contributed by atoms with Gasteiger partial charge in [0, 0.05) is 10.9 Å². The predicted octanol–water partition coefficient (Wildman–Crippen LogP) is 3.19. The number of hydrogen-bond acceptors (Lipinski definition) is 3. The van der Waals surface area contributed by atoms with E-state index in [9.17, 15) is 0 Å². The Labute approximate surface area is 103 Å². The van der Waals surface area contributed by atoms with Gasteiger partial charge < -0.3 is 0 Å². The highest BCUT2D eigenvalue weighted by atomic mass is 32.1. The molecule has 1 aromatic heterocycles. The van der Waals surface area contributed by atoms with E-state index in [1.165, 1.54) is 4.88 Å². The summed E-state index contributed by atoms with van der Waals surface area (Å²) in [6.45, 7) is 9.17. The van der Waals surface area contributed by atoms with Crippen molar-refractivity contribution < 1.29 is 0 Å². The van der Waals surface area contributed by atoms with Crippen molar-refractivity contribution in [3.63, 3.8) is 0 Å². The second kappa shape index (κ2) is 5.80. The Morgan fingerprint density at radius 1 is 1.44 bits per heavy atom. The van der Waals surface area contributed by atoms with Crippen LogP contribution in [0.25, 0.3) is 0 Å². The average molecular weight is 240 g/mol. The van der Waals surface area contributed by atoms with Gasteiger partial charge in [0.15, 0.2) is 0 Å². The molecule has 92 valence electrons. The third kappa shape index (κ3) is 4.24. The number of nitrogens with one attached hydrogen (secondary N) is 1. The van der Waals surface area contributed by atoms with E-state index >= 15 is 0 Å². The molecule has 0 aromatic carbocycles. The third-order valence-electron chi connectivity index (χ3n) is 3.38. The van der Waals surface area contributed by atoms with Gasteiger partial charge >= 0.3 is 0 Å². The van der Waals surface area contributed by atoms with E-state index < -0.39 is 0 Å². The van der Waals surface area contributed by atoms with Crippen molar-refractivity contribution in [1.29, 1.82) is 0 Å². The largest absolute Gasteiger partial charge is 0.271 e. The van der Waals surface area contributed by atoms with Crippen LogP contribution < -0.4 is 11.3 Å². The Morgan fingerprint density at radius 2 is 2.12 bits per heavy atom. The van der Waals surface area contributed by atoms with E-state index in [-0.39, 0.29) is 0 Å². The van der Waals surface area contributed by atoms with Crippen LogP contribution in [0.3, 0.4) is 0 Å². The molecule has 1 heterocycles. The fourth-order valence-corrected chi connectivity index (χ4v) is 2.45. The molecule has 2 unspecified atom stereocenters. The molecule has 0 bridgehead atoms. The summed E-state index contributed by atoms with van der Waals surface area (Å²) >= 11 is 1.81. The van der Waals surface area contributed by atoms with Crippen molar-refractivity contribution >= 4 is 11.3 Å². The minimum atomic E-state index is 0.352. The van der Waals surface area contributed by atoms with Crippen molar-refractivity contribution in [2.75, 3.05) is 0 Å². The van der Waals surface area contributed by atoms with Gasteiger partial charge in [0.25, 0.3) is 0 Å². The normalized spacial score (nSPS) is 16.1. The standard InChI is InChI=1S/C13H24N2S/c1-10(13(2,3)4)8-11(15-14)9-12-6-5-7-16-12/h5-7,10-11,15H,8-9,14H2,1-4H3. The smallest absolute Gasteiger partial charge is 0.0261 e. The number of hydrogen-bond donors (Lipinski definition) is 2. The predicted molar refractivity (Wildman–Crippen MR) is 72.4 cm³/mol. The number of thiophene rings is 1. The average Bonchev–Trinajstić information content (AvgIpc) is 2.67. The molecule has 0 aliphatic carbocycles. The summed E-state index contributed by atoms with van der Waals surface area (Å²) in [5, 5.41) is 2.12. The summed E-state index contributed by atoms with van der Waals surface area (Å²) in [4.78, 5) is 1.41. The maximum absolute atomic E-state index is 5.64. The van der Waals surface area contributed by atoms with E-state index in [1.807, 2.05) is 0 Å². The highest BCUT2D eigenvalue weighted by Crippen LogP contribution is 2.29. The topological polar surface area (TPSA) is 38.0 Å². The number of nitrogens with two attached hydrogens (primary N) is 1. The van der Waals surface area contributed by atoms with Crippen LogP contribution in [0.15, 0.2) is 17.5 Å². The van der Waals surface area contributed by atoms with E-state index in [4.69, 9.17) is 5.84 Å². The molecule has 0 amide bonds. The molecule has 0 aliphatic heterocycles. The van der Waals surface area contributed by atoms with Crippen LogP contribution in [0, 0.1) is 11.3 Å². The first-order valence-corrected chi connectivity index (χ1v) is 6.80. The molecular weight excluding hydrogens is 216 g/mol. The van der Waals surface area contributed by atoms with Crippen molar-refractivity contribution in [2.24, 2.45) is 17.2 Å². The van der Waals surface area contributed by atoms with Crippen molar-refractivity contribution in [3.05, 3.63) is 22.4 Å². The molecule has 1 aromatic rings. The molecule has 3 N–H and O–H groups in total. The highest BCUT2D eigenvalue weighted by molar-refractivity contribution is 7.09. The maximum atomic E-state index is 5.64. The molecule has 0 fully saturated rings. The minimum Gasteiger partial charge on any atom is -0.271 e. The Bertz CT molecular complexity index is 287. The van der Waals surface area contributed by atoms with Crippen LogP contribution in [0.5, 0.6) is 0 Å². The van der Waals surface area contributed by atoms with Gasteiger partial charge in [-0.1, -0.05) is 33.8 Å². The zero-order valence-electron chi connectivity index (χ0n) is 10.8. The second-order valence-electron chi connectivity index (χ2n) is 5.65. The van der Waals surface area contributed by atoms with Gasteiger partial charge in [-0.2, -0.15) is 0 Å². The molecule has 0 saturated heterocycles. The van der Waals surface area contributed by atoms with Crippen LogP contribution in [0.2, 0.25) is 0 Å². The van der Waals surface area contributed by atoms with Crippen molar-refractivity contribution in [2.45, 2.75) is 46.6 Å². The van der Waals surface area contributed by atoms with E-state index in [2.05, 4.69) is 50.6 Å². The van der Waals surface area contributed by atoms with Crippen LogP contribution >= 0.6 is 11.3 Å². The lowest BCUT2D eigenvalue weighted by Crippen LogP contribution is -2.39. The van der Waals surface area contributed by atoms with Gasteiger partial charge in [-0.15, -0.1) is 11.3 Å². The summed E-state index contributed by atoms with van der Waals surface area (Å²) in [6.07, 6.45) is 2.16. The number of hydrazine groups is 1. The molecule has 0 spiro atoms. The first kappa shape index (κ1) is 13.7. The SMILES string of the molecule is CC(CC(Cc1cccs1)NN)C(C)(C)C. The lowest BCUT2D eigenvalue weighted by molar-refractivity contribution is 0.222. The Hall–Kier alpha value is -0.380. The monoisotopic (exact) mass is 240 g/mol.